The number of nitrogens with one attached hydrogen (secondary N) is 3. The number of rotatable bonds is 4. The maximum absolute atomic E-state index is 12.8. The van der Waals surface area contributed by atoms with E-state index in [1.807, 2.05) is 6.92 Å². The molecule has 1 aromatic heterocycles. The molecule has 1 heterocycles. The van der Waals surface area contributed by atoms with Crippen molar-refractivity contribution in [3.63, 3.8) is 0 Å². The fraction of sp³-hybridized carbons (Fsp3) is 0.556. The number of aromatic nitrogens is 2. The van der Waals surface area contributed by atoms with Crippen molar-refractivity contribution < 1.29 is 8.42 Å². The van der Waals surface area contributed by atoms with Crippen LogP contribution in [-0.2, 0) is 10.0 Å². The van der Waals surface area contributed by atoms with E-state index in [-0.39, 0.29) is 16.3 Å². The molecular weight excluding hydrogens is 354 g/mol. The van der Waals surface area contributed by atoms with E-state index in [0.29, 0.717) is 17.4 Å². The number of hydrogen-bond donors (Lipinski definition) is 3. The van der Waals surface area contributed by atoms with Crippen LogP contribution >= 0.6 is 0 Å². The number of aromatic amines is 2. The molecule has 1 aromatic carbocycles. The Kier molecular flexibility index (Phi) is 4.27. The Hall–Kier alpha value is -1.93. The van der Waals surface area contributed by atoms with E-state index in [4.69, 9.17) is 0 Å². The molecule has 2 unspecified atom stereocenters. The Morgan fingerprint density at radius 1 is 1.12 bits per heavy atom. The first-order valence-corrected chi connectivity index (χ1v) is 10.6. The van der Waals surface area contributed by atoms with Crippen molar-refractivity contribution in [2.24, 2.45) is 17.8 Å². The summed E-state index contributed by atoms with van der Waals surface area (Å²) in [7, 11) is -3.74. The van der Waals surface area contributed by atoms with Crippen molar-refractivity contribution in [1.82, 2.24) is 14.7 Å². The van der Waals surface area contributed by atoms with Crippen LogP contribution in [0.3, 0.4) is 0 Å². The molecule has 0 aliphatic heterocycles. The summed E-state index contributed by atoms with van der Waals surface area (Å²) in [6.07, 6.45) is 6.02. The lowest BCUT2D eigenvalue weighted by atomic mass is 9.63. The largest absolute Gasteiger partial charge is 0.326 e. The molecule has 3 N–H and O–H groups in total. The van der Waals surface area contributed by atoms with Gasteiger partial charge in [-0.1, -0.05) is 12.8 Å². The van der Waals surface area contributed by atoms with E-state index in [9.17, 15) is 18.0 Å². The second kappa shape index (κ2) is 6.35. The van der Waals surface area contributed by atoms with Crippen LogP contribution in [0, 0.1) is 17.8 Å². The first-order valence-electron chi connectivity index (χ1n) is 9.12. The minimum atomic E-state index is -3.74. The molecule has 8 heteroatoms. The second-order valence-electron chi connectivity index (χ2n) is 7.71. The highest BCUT2D eigenvalue weighted by molar-refractivity contribution is 7.89. The summed E-state index contributed by atoms with van der Waals surface area (Å²) in [5.41, 5.74) is -0.897. The molecule has 0 spiro atoms. The topological polar surface area (TPSA) is 112 Å². The van der Waals surface area contributed by atoms with Crippen LogP contribution in [0.1, 0.15) is 39.0 Å². The predicted molar refractivity (Wildman–Crippen MR) is 98.5 cm³/mol. The highest BCUT2D eigenvalue weighted by Crippen LogP contribution is 2.46. The standard InChI is InChI=1S/C18H23N3O4S/c1-10(14-8-11-2-4-12(14)5-3-11)21-26(24,25)13-6-7-16-15(9-13)17(22)20-18(23)19-16/h6-7,9-12,14,21H,2-5,8H2,1H3,(H2,19,20,22,23). The van der Waals surface area contributed by atoms with Gasteiger partial charge in [0.1, 0.15) is 0 Å². The summed E-state index contributed by atoms with van der Waals surface area (Å²) in [6.45, 7) is 1.94. The number of benzene rings is 1. The molecule has 2 aromatic rings. The number of fused-ring (bicyclic) bond motifs is 4. The van der Waals surface area contributed by atoms with Gasteiger partial charge in [0.25, 0.3) is 5.56 Å². The summed E-state index contributed by atoms with van der Waals surface area (Å²) >= 11 is 0. The minimum absolute atomic E-state index is 0.0374. The minimum Gasteiger partial charge on any atom is -0.307 e. The van der Waals surface area contributed by atoms with E-state index in [2.05, 4.69) is 14.7 Å². The van der Waals surface area contributed by atoms with Gasteiger partial charge in [-0.15, -0.1) is 0 Å². The molecule has 7 nitrogen and oxygen atoms in total. The van der Waals surface area contributed by atoms with Crippen molar-refractivity contribution in [2.45, 2.75) is 50.0 Å². The van der Waals surface area contributed by atoms with E-state index >= 15 is 0 Å². The van der Waals surface area contributed by atoms with Gasteiger partial charge >= 0.3 is 5.69 Å². The summed E-state index contributed by atoms with van der Waals surface area (Å²) in [4.78, 5) is 27.9. The van der Waals surface area contributed by atoms with Crippen molar-refractivity contribution in [2.75, 3.05) is 0 Å². The van der Waals surface area contributed by atoms with Crippen LogP contribution in [0.2, 0.25) is 0 Å². The average molecular weight is 377 g/mol. The zero-order valence-electron chi connectivity index (χ0n) is 14.6. The van der Waals surface area contributed by atoms with Gasteiger partial charge in [-0.25, -0.2) is 17.9 Å². The van der Waals surface area contributed by atoms with Crippen LogP contribution in [0.4, 0.5) is 0 Å². The molecule has 2 bridgehead atoms. The molecule has 3 aliphatic rings. The average Bonchev–Trinajstić information content (AvgIpc) is 2.61. The van der Waals surface area contributed by atoms with Crippen LogP contribution in [0.15, 0.2) is 32.7 Å². The van der Waals surface area contributed by atoms with Crippen LogP contribution in [0.25, 0.3) is 10.9 Å². The molecule has 26 heavy (non-hydrogen) atoms. The Morgan fingerprint density at radius 3 is 2.50 bits per heavy atom. The van der Waals surface area contributed by atoms with E-state index in [1.54, 1.807) is 0 Å². The molecule has 3 aliphatic carbocycles. The highest BCUT2D eigenvalue weighted by Gasteiger charge is 2.39. The van der Waals surface area contributed by atoms with Crippen molar-refractivity contribution in [3.8, 4) is 0 Å². The Bertz CT molecular complexity index is 1050. The van der Waals surface area contributed by atoms with Gasteiger partial charge in [0.05, 0.1) is 15.8 Å². The number of hydrogen-bond acceptors (Lipinski definition) is 4. The quantitative estimate of drug-likeness (QED) is 0.753. The van der Waals surface area contributed by atoms with Crippen LogP contribution in [-0.4, -0.2) is 24.4 Å². The van der Waals surface area contributed by atoms with Crippen molar-refractivity contribution in [1.29, 1.82) is 0 Å². The maximum atomic E-state index is 12.8. The monoisotopic (exact) mass is 377 g/mol. The number of H-pyrrole nitrogens is 2. The zero-order chi connectivity index (χ0) is 18.5. The van der Waals surface area contributed by atoms with Gasteiger partial charge in [-0.3, -0.25) is 9.78 Å². The highest BCUT2D eigenvalue weighted by atomic mass is 32.2. The predicted octanol–water partition coefficient (Wildman–Crippen LogP) is 1.71. The van der Waals surface area contributed by atoms with Crippen molar-refractivity contribution >= 4 is 20.9 Å². The third-order valence-electron chi connectivity index (χ3n) is 6.11. The number of sulfonamides is 1. The van der Waals surface area contributed by atoms with Crippen molar-refractivity contribution in [3.05, 3.63) is 39.0 Å². The molecule has 2 atom stereocenters. The van der Waals surface area contributed by atoms with Gasteiger partial charge in [-0.05, 0) is 62.1 Å². The molecule has 5 rings (SSSR count). The van der Waals surface area contributed by atoms with Gasteiger partial charge in [0, 0.05) is 6.04 Å². The Balaban J connectivity index is 1.61. The summed E-state index contributed by atoms with van der Waals surface area (Å²) < 4.78 is 28.4. The van der Waals surface area contributed by atoms with Crippen LogP contribution in [0.5, 0.6) is 0 Å². The van der Waals surface area contributed by atoms with Gasteiger partial charge in [0.2, 0.25) is 10.0 Å². The molecule has 3 fully saturated rings. The maximum Gasteiger partial charge on any atom is 0.326 e. The van der Waals surface area contributed by atoms with E-state index < -0.39 is 21.3 Å². The molecular formula is C18H23N3O4S. The van der Waals surface area contributed by atoms with Gasteiger partial charge < -0.3 is 4.98 Å². The Morgan fingerprint density at radius 2 is 1.85 bits per heavy atom. The molecule has 3 saturated carbocycles. The lowest BCUT2D eigenvalue weighted by Crippen LogP contribution is -2.45. The zero-order valence-corrected chi connectivity index (χ0v) is 15.4. The third kappa shape index (κ3) is 3.12. The van der Waals surface area contributed by atoms with Gasteiger partial charge in [-0.2, -0.15) is 0 Å². The summed E-state index contributed by atoms with van der Waals surface area (Å²) in [6, 6.07) is 4.04. The fourth-order valence-corrected chi connectivity index (χ4v) is 6.07. The third-order valence-corrected chi connectivity index (χ3v) is 7.66. The SMILES string of the molecule is CC(NS(=O)(=O)c1ccc2[nH]c(=O)[nH]c(=O)c2c1)C1CC2CCC1CC2. The van der Waals surface area contributed by atoms with E-state index in [1.165, 1.54) is 43.9 Å². The molecule has 140 valence electrons. The Labute approximate surface area is 151 Å². The summed E-state index contributed by atoms with van der Waals surface area (Å²) in [5.74, 6) is 1.70. The van der Waals surface area contributed by atoms with Crippen LogP contribution < -0.4 is 16.0 Å². The fourth-order valence-electron chi connectivity index (χ4n) is 4.75. The van der Waals surface area contributed by atoms with E-state index in [0.717, 1.165) is 12.3 Å². The van der Waals surface area contributed by atoms with Gasteiger partial charge in [0.15, 0.2) is 0 Å². The normalized spacial score (nSPS) is 26.9. The lowest BCUT2D eigenvalue weighted by molar-refractivity contribution is 0.0810. The molecule has 0 radical (unpaired) electrons. The molecule has 0 saturated heterocycles. The first kappa shape index (κ1) is 17.5. The molecule has 0 amide bonds. The second-order valence-corrected chi connectivity index (χ2v) is 9.42. The lowest BCUT2D eigenvalue weighted by Gasteiger charge is -2.45. The first-order chi connectivity index (χ1) is 12.3. The summed E-state index contributed by atoms with van der Waals surface area (Å²) in [5, 5.41) is 0.150. The smallest absolute Gasteiger partial charge is 0.307 e.